The fourth-order valence-electron chi connectivity index (χ4n) is 3.88. The first-order valence-corrected chi connectivity index (χ1v) is 12.0. The number of aromatic nitrogens is 3. The molecular formula is C22H27N5O2S2. The Hall–Kier alpha value is -2.36. The third kappa shape index (κ3) is 4.94. The summed E-state index contributed by atoms with van der Waals surface area (Å²) in [5, 5.41) is 3.99. The van der Waals surface area contributed by atoms with Crippen LogP contribution in [0, 0.1) is 20.8 Å². The first kappa shape index (κ1) is 21.9. The summed E-state index contributed by atoms with van der Waals surface area (Å²) in [6, 6.07) is 4.15. The molecule has 1 aliphatic heterocycles. The Kier molecular flexibility index (Phi) is 6.36. The van der Waals surface area contributed by atoms with Crippen LogP contribution in [0.4, 0.5) is 5.13 Å². The van der Waals surface area contributed by atoms with Gasteiger partial charge in [-0.1, -0.05) is 11.3 Å². The fraction of sp³-hybridized carbons (Fsp3) is 0.455. The van der Waals surface area contributed by atoms with Crippen LogP contribution in [0.1, 0.15) is 46.3 Å². The maximum absolute atomic E-state index is 12.6. The minimum absolute atomic E-state index is 0.115. The number of amides is 1. The van der Waals surface area contributed by atoms with Gasteiger partial charge < -0.3 is 15.0 Å². The van der Waals surface area contributed by atoms with Gasteiger partial charge in [0.05, 0.1) is 40.5 Å². The van der Waals surface area contributed by atoms with Gasteiger partial charge in [-0.05, 0) is 52.3 Å². The molecule has 0 radical (unpaired) electrons. The molecule has 0 bridgehead atoms. The van der Waals surface area contributed by atoms with E-state index in [0.717, 1.165) is 51.4 Å². The van der Waals surface area contributed by atoms with Crippen LogP contribution in [0.15, 0.2) is 17.6 Å². The lowest BCUT2D eigenvalue weighted by atomic mass is 10.1. The summed E-state index contributed by atoms with van der Waals surface area (Å²) in [4.78, 5) is 30.3. The third-order valence-electron chi connectivity index (χ3n) is 5.09. The second kappa shape index (κ2) is 9.02. The Labute approximate surface area is 190 Å². The molecular weight excluding hydrogens is 430 g/mol. The summed E-state index contributed by atoms with van der Waals surface area (Å²) < 4.78 is 5.89. The molecule has 4 rings (SSSR count). The van der Waals surface area contributed by atoms with Crippen molar-refractivity contribution in [1.29, 1.82) is 0 Å². The second-order valence-corrected chi connectivity index (χ2v) is 9.86. The zero-order valence-electron chi connectivity index (χ0n) is 18.4. The van der Waals surface area contributed by atoms with Gasteiger partial charge in [-0.15, -0.1) is 11.3 Å². The van der Waals surface area contributed by atoms with Gasteiger partial charge in [-0.3, -0.25) is 9.78 Å². The Bertz CT molecular complexity index is 1060. The van der Waals surface area contributed by atoms with Crippen LogP contribution in [-0.4, -0.2) is 46.2 Å². The minimum atomic E-state index is -0.115. The van der Waals surface area contributed by atoms with Gasteiger partial charge in [0.1, 0.15) is 4.88 Å². The van der Waals surface area contributed by atoms with Crippen molar-refractivity contribution in [2.24, 2.45) is 0 Å². The zero-order valence-corrected chi connectivity index (χ0v) is 20.1. The molecule has 3 aromatic heterocycles. The van der Waals surface area contributed by atoms with Crippen LogP contribution in [0.25, 0.3) is 10.4 Å². The third-order valence-corrected chi connectivity index (χ3v) is 7.22. The van der Waals surface area contributed by atoms with Crippen molar-refractivity contribution in [1.82, 2.24) is 20.3 Å². The van der Waals surface area contributed by atoms with E-state index in [1.807, 2.05) is 20.8 Å². The highest BCUT2D eigenvalue weighted by molar-refractivity contribution is 7.19. The van der Waals surface area contributed by atoms with Crippen molar-refractivity contribution < 1.29 is 9.53 Å². The van der Waals surface area contributed by atoms with Crippen molar-refractivity contribution in [3.8, 4) is 10.4 Å². The van der Waals surface area contributed by atoms with Gasteiger partial charge >= 0.3 is 0 Å². The van der Waals surface area contributed by atoms with Crippen LogP contribution in [0.3, 0.4) is 0 Å². The monoisotopic (exact) mass is 457 g/mol. The van der Waals surface area contributed by atoms with Crippen LogP contribution in [0.2, 0.25) is 0 Å². The van der Waals surface area contributed by atoms with Crippen LogP contribution >= 0.6 is 22.7 Å². The molecule has 7 nitrogen and oxygen atoms in total. The molecule has 1 saturated heterocycles. The van der Waals surface area contributed by atoms with E-state index in [0.29, 0.717) is 11.4 Å². The van der Waals surface area contributed by atoms with Crippen molar-refractivity contribution in [3.05, 3.63) is 45.3 Å². The summed E-state index contributed by atoms with van der Waals surface area (Å²) in [5.74, 6) is -0.115. The number of hydrogen-bond donors (Lipinski definition) is 1. The van der Waals surface area contributed by atoms with E-state index in [9.17, 15) is 4.79 Å². The summed E-state index contributed by atoms with van der Waals surface area (Å²) in [6.45, 7) is 12.0. The van der Waals surface area contributed by atoms with Crippen molar-refractivity contribution in [2.75, 3.05) is 18.0 Å². The van der Waals surface area contributed by atoms with Gasteiger partial charge in [0.2, 0.25) is 0 Å². The van der Waals surface area contributed by atoms with E-state index >= 15 is 0 Å². The number of nitrogens with zero attached hydrogens (tertiary/aromatic N) is 4. The molecule has 164 valence electrons. The molecule has 0 spiro atoms. The molecule has 1 N–H and O–H groups in total. The first-order valence-electron chi connectivity index (χ1n) is 10.3. The highest BCUT2D eigenvalue weighted by Crippen LogP contribution is 2.36. The average Bonchev–Trinajstić information content (AvgIpc) is 3.31. The molecule has 1 amide bonds. The lowest BCUT2D eigenvalue weighted by Crippen LogP contribution is -2.45. The number of thiazole rings is 2. The molecule has 0 aromatic carbocycles. The summed E-state index contributed by atoms with van der Waals surface area (Å²) in [7, 11) is 0. The number of ether oxygens (including phenoxy) is 1. The predicted octanol–water partition coefficient (Wildman–Crippen LogP) is 4.13. The van der Waals surface area contributed by atoms with Gasteiger partial charge in [0.25, 0.3) is 5.91 Å². The van der Waals surface area contributed by atoms with Crippen molar-refractivity contribution >= 4 is 33.7 Å². The first-order chi connectivity index (χ1) is 14.8. The normalized spacial score (nSPS) is 18.9. The molecule has 1 fully saturated rings. The molecule has 3 aromatic rings. The molecule has 0 unspecified atom stereocenters. The molecule has 2 atom stereocenters. The maximum Gasteiger partial charge on any atom is 0.263 e. The van der Waals surface area contributed by atoms with Crippen LogP contribution in [0.5, 0.6) is 0 Å². The Morgan fingerprint density at radius 3 is 2.45 bits per heavy atom. The number of morpholine rings is 1. The second-order valence-electron chi connectivity index (χ2n) is 8.02. The number of rotatable bonds is 5. The van der Waals surface area contributed by atoms with E-state index in [1.54, 1.807) is 16.8 Å². The molecule has 9 heteroatoms. The number of anilines is 1. The number of pyridine rings is 1. The Morgan fingerprint density at radius 2 is 1.84 bits per heavy atom. The van der Waals surface area contributed by atoms with E-state index < -0.39 is 0 Å². The highest BCUT2D eigenvalue weighted by Gasteiger charge is 2.26. The number of hydrogen-bond acceptors (Lipinski definition) is 8. The molecule has 0 saturated carbocycles. The average molecular weight is 458 g/mol. The molecule has 1 aliphatic rings. The zero-order chi connectivity index (χ0) is 22.1. The number of carbonyl (C=O) groups is 1. The molecule has 31 heavy (non-hydrogen) atoms. The van der Waals surface area contributed by atoms with Crippen LogP contribution in [-0.2, 0) is 11.3 Å². The smallest absolute Gasteiger partial charge is 0.263 e. The van der Waals surface area contributed by atoms with E-state index in [4.69, 9.17) is 9.72 Å². The highest BCUT2D eigenvalue weighted by atomic mass is 32.1. The molecule has 0 aliphatic carbocycles. The van der Waals surface area contributed by atoms with E-state index in [-0.39, 0.29) is 18.1 Å². The number of carbonyl (C=O) groups excluding carboxylic acids is 1. The lowest BCUT2D eigenvalue weighted by Gasteiger charge is -2.35. The predicted molar refractivity (Wildman–Crippen MR) is 125 cm³/mol. The Balaban J connectivity index is 1.65. The molecule has 4 heterocycles. The topological polar surface area (TPSA) is 80.2 Å². The largest absolute Gasteiger partial charge is 0.372 e. The standard InChI is InChI=1S/C22H27N5O2S2/c1-12-6-17(7-13(2)25-12)20-18(8-23-21(28)19-16(5)24-11-30-19)26-22(31-20)27-9-14(3)29-15(4)10-27/h6-7,11,14-15H,8-10H2,1-5H3,(H,23,28)/t14-,15+. The van der Waals surface area contributed by atoms with Gasteiger partial charge in [0, 0.05) is 24.5 Å². The summed E-state index contributed by atoms with van der Waals surface area (Å²) >= 11 is 3.02. The Morgan fingerprint density at radius 1 is 1.16 bits per heavy atom. The quantitative estimate of drug-likeness (QED) is 0.621. The van der Waals surface area contributed by atoms with Crippen LogP contribution < -0.4 is 10.2 Å². The van der Waals surface area contributed by atoms with E-state index in [2.05, 4.69) is 46.2 Å². The number of nitrogens with one attached hydrogen (secondary N) is 1. The maximum atomic E-state index is 12.6. The summed E-state index contributed by atoms with van der Waals surface area (Å²) in [5.41, 5.74) is 6.33. The van der Waals surface area contributed by atoms with Crippen molar-refractivity contribution in [3.63, 3.8) is 0 Å². The number of aryl methyl sites for hydroxylation is 3. The minimum Gasteiger partial charge on any atom is -0.372 e. The van der Waals surface area contributed by atoms with Gasteiger partial charge in [-0.2, -0.15) is 0 Å². The lowest BCUT2D eigenvalue weighted by molar-refractivity contribution is -0.00523. The van der Waals surface area contributed by atoms with Gasteiger partial charge in [0.15, 0.2) is 5.13 Å². The van der Waals surface area contributed by atoms with E-state index in [1.165, 1.54) is 11.3 Å². The SMILES string of the molecule is Cc1cc(-c2sc(N3C[C@@H](C)O[C@@H](C)C3)nc2CNC(=O)c2scnc2C)cc(C)n1. The fourth-order valence-corrected chi connectivity index (χ4v) is 5.69. The van der Waals surface area contributed by atoms with Crippen molar-refractivity contribution in [2.45, 2.75) is 53.4 Å². The van der Waals surface area contributed by atoms with Gasteiger partial charge in [-0.25, -0.2) is 9.97 Å². The summed E-state index contributed by atoms with van der Waals surface area (Å²) in [6.07, 6.45) is 0.304.